The van der Waals surface area contributed by atoms with Gasteiger partial charge in [-0.1, -0.05) is 36.4 Å². The van der Waals surface area contributed by atoms with E-state index in [1.807, 2.05) is 34.9 Å². The van der Waals surface area contributed by atoms with E-state index >= 15 is 0 Å². The topological polar surface area (TPSA) is 90.9 Å². The summed E-state index contributed by atoms with van der Waals surface area (Å²) < 4.78 is 26.8. The maximum atomic E-state index is 12.4. The normalized spacial score (nSPS) is 12.0. The average Bonchev–Trinajstić information content (AvgIpc) is 3.11. The Morgan fingerprint density at radius 3 is 2.52 bits per heavy atom. The molecule has 0 saturated heterocycles. The summed E-state index contributed by atoms with van der Waals surface area (Å²) in [5, 5.41) is 0.996. The zero-order valence-electron chi connectivity index (χ0n) is 14.7. The second kappa shape index (κ2) is 7.00. The molecule has 0 aliphatic heterocycles. The maximum absolute atomic E-state index is 12.4. The van der Waals surface area contributed by atoms with Crippen molar-refractivity contribution in [2.75, 3.05) is 11.5 Å². The Bertz CT molecular complexity index is 1200. The lowest BCUT2D eigenvalue weighted by Crippen LogP contribution is -2.08. The molecule has 0 aliphatic rings. The average molecular weight is 380 g/mol. The fourth-order valence-corrected chi connectivity index (χ4v) is 4.69. The lowest BCUT2D eigenvalue weighted by molar-refractivity contribution is 0.585. The quantitative estimate of drug-likeness (QED) is 0.518. The Labute approximate surface area is 157 Å². The van der Waals surface area contributed by atoms with Gasteiger partial charge in [0.05, 0.1) is 28.0 Å². The third kappa shape index (κ3) is 3.38. The number of aryl methyl sites for hydroxylation is 1. The van der Waals surface area contributed by atoms with Gasteiger partial charge < -0.3 is 10.3 Å². The van der Waals surface area contributed by atoms with Gasteiger partial charge in [-0.25, -0.2) is 18.4 Å². The number of aromatic nitrogens is 3. The van der Waals surface area contributed by atoms with Crippen molar-refractivity contribution in [1.82, 2.24) is 14.5 Å². The van der Waals surface area contributed by atoms with Crippen molar-refractivity contribution in [3.8, 4) is 0 Å². The first kappa shape index (κ1) is 17.5. The highest BCUT2D eigenvalue weighted by molar-refractivity contribution is 7.91. The van der Waals surface area contributed by atoms with E-state index < -0.39 is 9.84 Å². The first-order chi connectivity index (χ1) is 13.1. The molecule has 0 atom stereocenters. The van der Waals surface area contributed by atoms with Gasteiger partial charge in [-0.15, -0.1) is 0 Å². The fraction of sp³-hybridized carbons (Fsp3) is 0.200. The summed E-state index contributed by atoms with van der Waals surface area (Å²) in [6.45, 7) is 0.675. The fourth-order valence-electron chi connectivity index (χ4n) is 3.30. The number of rotatable bonds is 6. The van der Waals surface area contributed by atoms with Crippen molar-refractivity contribution in [1.29, 1.82) is 0 Å². The van der Waals surface area contributed by atoms with E-state index in [1.165, 1.54) is 0 Å². The van der Waals surface area contributed by atoms with E-state index in [0.29, 0.717) is 29.2 Å². The van der Waals surface area contributed by atoms with Crippen molar-refractivity contribution in [3.05, 3.63) is 60.9 Å². The molecule has 0 aliphatic carbocycles. The number of nitrogens with two attached hydrogens (primary N) is 1. The van der Waals surface area contributed by atoms with Gasteiger partial charge in [0.2, 0.25) is 0 Å². The second-order valence-electron chi connectivity index (χ2n) is 6.49. The zero-order chi connectivity index (χ0) is 18.9. The Hall–Kier alpha value is -2.93. The number of imidazole rings is 1. The van der Waals surface area contributed by atoms with Crippen molar-refractivity contribution < 1.29 is 8.42 Å². The molecule has 0 amide bonds. The lowest BCUT2D eigenvalue weighted by atomic mass is 10.2. The predicted octanol–water partition coefficient (Wildman–Crippen LogP) is 3.42. The van der Waals surface area contributed by atoms with Crippen LogP contribution in [0.4, 0.5) is 5.82 Å². The van der Waals surface area contributed by atoms with Gasteiger partial charge in [-0.05, 0) is 31.0 Å². The highest BCUT2D eigenvalue weighted by Gasteiger charge is 2.14. The van der Waals surface area contributed by atoms with E-state index in [2.05, 4.69) is 9.97 Å². The standard InChI is InChI=1S/C20H20N4O2S/c21-20-18-19(16-10-4-5-11-17(16)23-20)24(14-22-18)12-6-7-13-27(25,26)15-8-2-1-3-9-15/h1-5,8-11,14H,6-7,12-13H2,(H2,21,23). The molecule has 6 nitrogen and oxygen atoms in total. The maximum Gasteiger partial charge on any atom is 0.178 e. The Kier molecular flexibility index (Phi) is 4.53. The monoisotopic (exact) mass is 380 g/mol. The second-order valence-corrected chi connectivity index (χ2v) is 8.60. The Balaban J connectivity index is 1.52. The SMILES string of the molecule is Nc1nc2ccccc2c2c1ncn2CCCCS(=O)(=O)c1ccccc1. The molecule has 0 fully saturated rings. The summed E-state index contributed by atoms with van der Waals surface area (Å²) in [4.78, 5) is 9.18. The highest BCUT2D eigenvalue weighted by Crippen LogP contribution is 2.27. The summed E-state index contributed by atoms with van der Waals surface area (Å²) in [6, 6.07) is 16.4. The molecule has 0 unspecified atom stereocenters. The van der Waals surface area contributed by atoms with Crippen molar-refractivity contribution in [2.24, 2.45) is 0 Å². The molecule has 27 heavy (non-hydrogen) atoms. The summed E-state index contributed by atoms with van der Waals surface area (Å²) in [7, 11) is -3.24. The van der Waals surface area contributed by atoms with Crippen LogP contribution in [0.3, 0.4) is 0 Å². The van der Waals surface area contributed by atoms with Gasteiger partial charge in [-0.2, -0.15) is 0 Å². The number of hydrogen-bond acceptors (Lipinski definition) is 5. The largest absolute Gasteiger partial charge is 0.382 e. The molecule has 2 aromatic carbocycles. The van der Waals surface area contributed by atoms with E-state index in [1.54, 1.807) is 30.6 Å². The van der Waals surface area contributed by atoms with Crippen LogP contribution in [0, 0.1) is 0 Å². The first-order valence-corrected chi connectivity index (χ1v) is 10.5. The Morgan fingerprint density at radius 2 is 1.70 bits per heavy atom. The smallest absolute Gasteiger partial charge is 0.178 e. The molecule has 2 N–H and O–H groups in total. The molecule has 2 aromatic heterocycles. The van der Waals surface area contributed by atoms with Gasteiger partial charge >= 0.3 is 0 Å². The molecule has 138 valence electrons. The molecule has 0 spiro atoms. The van der Waals surface area contributed by atoms with E-state index in [0.717, 1.165) is 22.8 Å². The van der Waals surface area contributed by atoms with Crippen LogP contribution in [0.25, 0.3) is 21.9 Å². The number of unbranched alkanes of at least 4 members (excludes halogenated alkanes) is 1. The van der Waals surface area contributed by atoms with Gasteiger partial charge in [0.15, 0.2) is 15.7 Å². The lowest BCUT2D eigenvalue weighted by Gasteiger charge is -2.08. The number of fused-ring (bicyclic) bond motifs is 3. The molecule has 0 bridgehead atoms. The number of anilines is 1. The number of pyridine rings is 1. The first-order valence-electron chi connectivity index (χ1n) is 8.83. The van der Waals surface area contributed by atoms with E-state index in [4.69, 9.17) is 5.73 Å². The van der Waals surface area contributed by atoms with Crippen LogP contribution in [-0.4, -0.2) is 28.7 Å². The predicted molar refractivity (Wildman–Crippen MR) is 107 cm³/mol. The number of sulfone groups is 1. The molecule has 2 heterocycles. The minimum atomic E-state index is -3.24. The number of para-hydroxylation sites is 1. The summed E-state index contributed by atoms with van der Waals surface area (Å²) in [5.41, 5.74) is 8.51. The van der Waals surface area contributed by atoms with Crippen molar-refractivity contribution in [2.45, 2.75) is 24.3 Å². The molecule has 7 heteroatoms. The van der Waals surface area contributed by atoms with E-state index in [9.17, 15) is 8.42 Å². The van der Waals surface area contributed by atoms with Crippen molar-refractivity contribution in [3.63, 3.8) is 0 Å². The summed E-state index contributed by atoms with van der Waals surface area (Å²) in [5.74, 6) is 0.544. The molecule has 4 aromatic rings. The Morgan fingerprint density at radius 1 is 0.963 bits per heavy atom. The van der Waals surface area contributed by atoms with Crippen LogP contribution < -0.4 is 5.73 Å². The number of nitrogens with zero attached hydrogens (tertiary/aromatic N) is 3. The minimum absolute atomic E-state index is 0.133. The van der Waals surface area contributed by atoms with Crippen LogP contribution in [-0.2, 0) is 16.4 Å². The van der Waals surface area contributed by atoms with Crippen LogP contribution in [0.2, 0.25) is 0 Å². The summed E-state index contributed by atoms with van der Waals surface area (Å²) >= 11 is 0. The number of hydrogen-bond donors (Lipinski definition) is 1. The third-order valence-electron chi connectivity index (χ3n) is 4.64. The van der Waals surface area contributed by atoms with Crippen molar-refractivity contribution >= 4 is 37.6 Å². The van der Waals surface area contributed by atoms with Crippen LogP contribution in [0.1, 0.15) is 12.8 Å². The molecule has 0 saturated carbocycles. The summed E-state index contributed by atoms with van der Waals surface area (Å²) in [6.07, 6.45) is 3.06. The van der Waals surface area contributed by atoms with E-state index in [-0.39, 0.29) is 5.75 Å². The third-order valence-corrected chi connectivity index (χ3v) is 6.46. The zero-order valence-corrected chi connectivity index (χ0v) is 15.6. The van der Waals surface area contributed by atoms with Gasteiger partial charge in [0, 0.05) is 11.9 Å². The minimum Gasteiger partial charge on any atom is -0.382 e. The van der Waals surface area contributed by atoms with Crippen LogP contribution in [0.15, 0.2) is 65.8 Å². The molecule has 4 rings (SSSR count). The van der Waals surface area contributed by atoms with Crippen LogP contribution in [0.5, 0.6) is 0 Å². The molecular weight excluding hydrogens is 360 g/mol. The van der Waals surface area contributed by atoms with Gasteiger partial charge in [0.25, 0.3) is 0 Å². The number of nitrogen functional groups attached to an aromatic ring is 1. The molecule has 0 radical (unpaired) electrons. The number of benzene rings is 2. The van der Waals surface area contributed by atoms with Gasteiger partial charge in [0.1, 0.15) is 5.52 Å². The van der Waals surface area contributed by atoms with Crippen LogP contribution >= 0.6 is 0 Å². The highest BCUT2D eigenvalue weighted by atomic mass is 32.2. The molecular formula is C20H20N4O2S. The van der Waals surface area contributed by atoms with Gasteiger partial charge in [-0.3, -0.25) is 0 Å².